The average molecular weight is 385 g/mol. The van der Waals surface area contributed by atoms with Gasteiger partial charge in [-0.1, -0.05) is 29.8 Å². The topological polar surface area (TPSA) is 78.1 Å². The smallest absolute Gasteiger partial charge is 0.258 e. The highest BCUT2D eigenvalue weighted by atomic mass is 35.5. The largest absolute Gasteiger partial charge is 0.324 e. The van der Waals surface area contributed by atoms with Crippen molar-refractivity contribution in [3.05, 3.63) is 68.7 Å². The summed E-state index contributed by atoms with van der Waals surface area (Å²) in [6.07, 6.45) is 0. The van der Waals surface area contributed by atoms with Crippen molar-refractivity contribution in [1.29, 1.82) is 0 Å². The first kappa shape index (κ1) is 19.1. The zero-order valence-electron chi connectivity index (χ0n) is 15.5. The lowest BCUT2D eigenvalue weighted by Gasteiger charge is -2.17. The maximum Gasteiger partial charge on any atom is 0.258 e. The Hall–Kier alpha value is -2.70. The van der Waals surface area contributed by atoms with Gasteiger partial charge < -0.3 is 10.3 Å². The Bertz CT molecular complexity index is 1040. The Kier molecular flexibility index (Phi) is 5.58. The first-order valence-corrected chi connectivity index (χ1v) is 8.94. The highest BCUT2D eigenvalue weighted by Crippen LogP contribution is 2.19. The van der Waals surface area contributed by atoms with Gasteiger partial charge in [0.1, 0.15) is 5.82 Å². The highest BCUT2D eigenvalue weighted by Gasteiger charge is 2.12. The lowest BCUT2D eigenvalue weighted by Crippen LogP contribution is -2.31. The number of aromatic nitrogens is 2. The number of para-hydroxylation sites is 1. The van der Waals surface area contributed by atoms with E-state index in [1.165, 1.54) is 0 Å². The standard InChI is InChI=1S/C20H21ClN4O2/c1-12-5-4-6-13(2)19(12)24-18(26)11-25(3)10-17-22-16-9-14(21)7-8-15(16)20(27)23-17/h4-9H,10-11H2,1-3H3,(H,24,26)(H,22,23,27). The van der Waals surface area contributed by atoms with E-state index < -0.39 is 0 Å². The second kappa shape index (κ2) is 7.90. The summed E-state index contributed by atoms with van der Waals surface area (Å²) in [5, 5.41) is 3.96. The van der Waals surface area contributed by atoms with Gasteiger partial charge in [-0.3, -0.25) is 14.5 Å². The molecule has 0 atom stereocenters. The van der Waals surface area contributed by atoms with Gasteiger partial charge in [-0.2, -0.15) is 0 Å². The number of carbonyl (C=O) groups excluding carboxylic acids is 1. The molecule has 1 amide bonds. The van der Waals surface area contributed by atoms with E-state index in [0.29, 0.717) is 28.3 Å². The van der Waals surface area contributed by atoms with Gasteiger partial charge in [0.25, 0.3) is 5.56 Å². The second-order valence-corrected chi connectivity index (χ2v) is 7.10. The molecular formula is C20H21ClN4O2. The molecule has 0 aliphatic heterocycles. The number of carbonyl (C=O) groups is 1. The highest BCUT2D eigenvalue weighted by molar-refractivity contribution is 6.31. The molecule has 1 aromatic heterocycles. The number of benzene rings is 2. The molecule has 0 aliphatic carbocycles. The summed E-state index contributed by atoms with van der Waals surface area (Å²) in [6, 6.07) is 10.8. The third-order valence-corrected chi connectivity index (χ3v) is 4.53. The van der Waals surface area contributed by atoms with Crippen LogP contribution in [-0.2, 0) is 11.3 Å². The van der Waals surface area contributed by atoms with Crippen molar-refractivity contribution in [2.24, 2.45) is 0 Å². The molecule has 2 aromatic carbocycles. The van der Waals surface area contributed by atoms with E-state index in [4.69, 9.17) is 11.6 Å². The molecule has 0 saturated heterocycles. The summed E-state index contributed by atoms with van der Waals surface area (Å²) in [5.41, 5.74) is 3.18. The Morgan fingerprint density at radius 1 is 1.22 bits per heavy atom. The van der Waals surface area contributed by atoms with Gasteiger partial charge in [0.2, 0.25) is 5.91 Å². The zero-order valence-corrected chi connectivity index (χ0v) is 16.2. The average Bonchev–Trinajstić information content (AvgIpc) is 2.57. The molecule has 0 spiro atoms. The number of hydrogen-bond acceptors (Lipinski definition) is 4. The van der Waals surface area contributed by atoms with E-state index >= 15 is 0 Å². The maximum atomic E-state index is 12.4. The molecule has 0 fully saturated rings. The first-order valence-electron chi connectivity index (χ1n) is 8.56. The van der Waals surface area contributed by atoms with Crippen LogP contribution in [0, 0.1) is 13.8 Å². The number of aryl methyl sites for hydroxylation is 2. The number of nitrogens with one attached hydrogen (secondary N) is 2. The van der Waals surface area contributed by atoms with E-state index in [1.807, 2.05) is 32.0 Å². The molecule has 2 N–H and O–H groups in total. The van der Waals surface area contributed by atoms with E-state index in [0.717, 1.165) is 16.8 Å². The molecule has 0 bridgehead atoms. The van der Waals surface area contributed by atoms with Crippen LogP contribution in [0.3, 0.4) is 0 Å². The van der Waals surface area contributed by atoms with Gasteiger partial charge in [0.05, 0.1) is 24.0 Å². The Morgan fingerprint density at radius 3 is 2.63 bits per heavy atom. The summed E-state index contributed by atoms with van der Waals surface area (Å²) in [4.78, 5) is 33.6. The van der Waals surface area contributed by atoms with E-state index in [-0.39, 0.29) is 18.0 Å². The van der Waals surface area contributed by atoms with Gasteiger partial charge in [-0.25, -0.2) is 4.98 Å². The fourth-order valence-corrected chi connectivity index (χ4v) is 3.15. The van der Waals surface area contributed by atoms with Crippen LogP contribution in [0.5, 0.6) is 0 Å². The lowest BCUT2D eigenvalue weighted by atomic mass is 10.1. The van der Waals surface area contributed by atoms with Crippen LogP contribution in [0.25, 0.3) is 10.9 Å². The van der Waals surface area contributed by atoms with Gasteiger partial charge in [0.15, 0.2) is 0 Å². The number of amides is 1. The number of rotatable bonds is 5. The van der Waals surface area contributed by atoms with Crippen molar-refractivity contribution in [1.82, 2.24) is 14.9 Å². The molecule has 27 heavy (non-hydrogen) atoms. The Labute approximate surface area is 162 Å². The number of hydrogen-bond donors (Lipinski definition) is 2. The first-order chi connectivity index (χ1) is 12.8. The Balaban J connectivity index is 1.70. The SMILES string of the molecule is Cc1cccc(C)c1NC(=O)CN(C)Cc1nc2cc(Cl)ccc2c(=O)[nH]1. The van der Waals surface area contributed by atoms with E-state index in [9.17, 15) is 9.59 Å². The summed E-state index contributed by atoms with van der Waals surface area (Å²) < 4.78 is 0. The molecule has 140 valence electrons. The molecule has 6 nitrogen and oxygen atoms in total. The monoisotopic (exact) mass is 384 g/mol. The number of nitrogens with zero attached hydrogens (tertiary/aromatic N) is 2. The van der Waals surface area contributed by atoms with Crippen LogP contribution in [0.2, 0.25) is 5.02 Å². The molecule has 3 rings (SSSR count). The third kappa shape index (κ3) is 4.53. The van der Waals surface area contributed by atoms with E-state index in [2.05, 4.69) is 15.3 Å². The summed E-state index contributed by atoms with van der Waals surface area (Å²) in [6.45, 7) is 4.42. The summed E-state index contributed by atoms with van der Waals surface area (Å²) in [7, 11) is 1.80. The van der Waals surface area contributed by atoms with Gasteiger partial charge >= 0.3 is 0 Å². The quantitative estimate of drug-likeness (QED) is 0.707. The number of H-pyrrole nitrogens is 1. The summed E-state index contributed by atoms with van der Waals surface area (Å²) in [5.74, 6) is 0.359. The van der Waals surface area contributed by atoms with Gasteiger partial charge in [0, 0.05) is 10.7 Å². The molecule has 0 aliphatic rings. The maximum absolute atomic E-state index is 12.4. The van der Waals surface area contributed by atoms with Crippen molar-refractivity contribution < 1.29 is 4.79 Å². The molecule has 7 heteroatoms. The number of aromatic amines is 1. The van der Waals surface area contributed by atoms with Crippen molar-refractivity contribution in [3.63, 3.8) is 0 Å². The summed E-state index contributed by atoms with van der Waals surface area (Å²) >= 11 is 5.98. The number of likely N-dealkylation sites (N-methyl/N-ethyl adjacent to an activating group) is 1. The number of anilines is 1. The van der Waals surface area contributed by atoms with Crippen LogP contribution in [0.1, 0.15) is 17.0 Å². The molecular weight excluding hydrogens is 364 g/mol. The van der Waals surface area contributed by atoms with Crippen molar-refractivity contribution in [3.8, 4) is 0 Å². The molecule has 0 unspecified atom stereocenters. The van der Waals surface area contributed by atoms with Crippen LogP contribution >= 0.6 is 11.6 Å². The van der Waals surface area contributed by atoms with Crippen molar-refractivity contribution >= 4 is 34.1 Å². The van der Waals surface area contributed by atoms with Crippen LogP contribution in [-0.4, -0.2) is 34.4 Å². The number of halogens is 1. The fourth-order valence-electron chi connectivity index (χ4n) is 2.98. The Morgan fingerprint density at radius 2 is 1.93 bits per heavy atom. The fraction of sp³-hybridized carbons (Fsp3) is 0.250. The minimum atomic E-state index is -0.222. The predicted octanol–water partition coefficient (Wildman–Crippen LogP) is 3.26. The minimum absolute atomic E-state index is 0.124. The molecule has 1 heterocycles. The third-order valence-electron chi connectivity index (χ3n) is 4.30. The minimum Gasteiger partial charge on any atom is -0.324 e. The van der Waals surface area contributed by atoms with Gasteiger partial charge in [-0.15, -0.1) is 0 Å². The molecule has 3 aromatic rings. The second-order valence-electron chi connectivity index (χ2n) is 6.66. The van der Waals surface area contributed by atoms with E-state index in [1.54, 1.807) is 30.1 Å². The van der Waals surface area contributed by atoms with Gasteiger partial charge in [-0.05, 0) is 50.2 Å². The van der Waals surface area contributed by atoms with Crippen molar-refractivity contribution in [2.45, 2.75) is 20.4 Å². The zero-order chi connectivity index (χ0) is 19.6. The van der Waals surface area contributed by atoms with Crippen LogP contribution in [0.4, 0.5) is 5.69 Å². The van der Waals surface area contributed by atoms with Crippen LogP contribution in [0.15, 0.2) is 41.2 Å². The van der Waals surface area contributed by atoms with Crippen molar-refractivity contribution in [2.75, 3.05) is 18.9 Å². The predicted molar refractivity (Wildman–Crippen MR) is 108 cm³/mol. The lowest BCUT2D eigenvalue weighted by molar-refractivity contribution is -0.117. The number of fused-ring (bicyclic) bond motifs is 1. The molecule has 0 radical (unpaired) electrons. The molecule has 0 saturated carbocycles. The van der Waals surface area contributed by atoms with Crippen LogP contribution < -0.4 is 10.9 Å². The normalized spacial score (nSPS) is 11.1.